The highest BCUT2D eigenvalue weighted by Gasteiger charge is 2.35. The summed E-state index contributed by atoms with van der Waals surface area (Å²) < 4.78 is 0. The van der Waals surface area contributed by atoms with Crippen LogP contribution in [0.15, 0.2) is 41.3 Å². The summed E-state index contributed by atoms with van der Waals surface area (Å²) in [5, 5.41) is 3.64. The molecule has 2 aliphatic rings. The fourth-order valence-corrected chi connectivity index (χ4v) is 3.74. The first-order chi connectivity index (χ1) is 8.36. The molecule has 0 radical (unpaired) electrons. The Hall–Kier alpha value is -0.890. The summed E-state index contributed by atoms with van der Waals surface area (Å²) in [5.74, 6) is 2.57. The average molecular weight is 245 g/mol. The van der Waals surface area contributed by atoms with Crippen LogP contribution in [0.25, 0.3) is 0 Å². The van der Waals surface area contributed by atoms with E-state index >= 15 is 0 Å². The first kappa shape index (κ1) is 11.2. The third-order valence-corrected chi connectivity index (χ3v) is 4.87. The molecule has 1 N–H and O–H groups in total. The van der Waals surface area contributed by atoms with Gasteiger partial charge in [0.2, 0.25) is 0 Å². The number of benzene rings is 1. The predicted molar refractivity (Wildman–Crippen MR) is 75.6 cm³/mol. The normalized spacial score (nSPS) is 29.8. The van der Waals surface area contributed by atoms with E-state index in [2.05, 4.69) is 48.0 Å². The maximum atomic E-state index is 3.64. The Balaban J connectivity index is 1.62. The summed E-state index contributed by atoms with van der Waals surface area (Å²) in [6.07, 6.45) is 9.77. The molecule has 17 heavy (non-hydrogen) atoms. The summed E-state index contributed by atoms with van der Waals surface area (Å²) in [6, 6.07) is 8.60. The van der Waals surface area contributed by atoms with Gasteiger partial charge in [0.15, 0.2) is 0 Å². The molecule has 1 saturated carbocycles. The number of nitrogens with one attached hydrogen (secondary N) is 1. The second kappa shape index (κ2) is 4.77. The number of para-hydroxylation sites is 1. The second-order valence-electron chi connectivity index (χ2n) is 5.12. The van der Waals surface area contributed by atoms with Crippen molar-refractivity contribution in [3.05, 3.63) is 36.4 Å². The van der Waals surface area contributed by atoms with E-state index in [9.17, 15) is 0 Å². The molecule has 1 fully saturated rings. The van der Waals surface area contributed by atoms with Gasteiger partial charge in [0.25, 0.3) is 0 Å². The highest BCUT2D eigenvalue weighted by Crippen LogP contribution is 2.43. The zero-order valence-corrected chi connectivity index (χ0v) is 11.0. The van der Waals surface area contributed by atoms with Gasteiger partial charge in [-0.3, -0.25) is 0 Å². The maximum absolute atomic E-state index is 3.64. The third kappa shape index (κ3) is 2.23. The second-order valence-corrected chi connectivity index (χ2v) is 5.97. The lowest BCUT2D eigenvalue weighted by molar-refractivity contribution is 0.471. The van der Waals surface area contributed by atoms with Crippen LogP contribution >= 0.6 is 11.8 Å². The number of rotatable bonds is 4. The van der Waals surface area contributed by atoms with E-state index < -0.39 is 0 Å². The third-order valence-electron chi connectivity index (χ3n) is 4.08. The molecule has 0 aromatic heterocycles. The van der Waals surface area contributed by atoms with Crippen molar-refractivity contribution in [2.24, 2.45) is 17.8 Å². The molecule has 1 aromatic rings. The standard InChI is InChI=1S/C15H19NS/c1-17-15-5-3-2-4-14(15)16-10-13-9-11-6-7-12(13)8-11/h2-7,11-13,16H,8-10H2,1H3. The molecular formula is C15H19NS. The Kier molecular flexibility index (Phi) is 3.15. The molecular weight excluding hydrogens is 226 g/mol. The Morgan fingerprint density at radius 2 is 2.12 bits per heavy atom. The van der Waals surface area contributed by atoms with E-state index in [0.717, 1.165) is 24.3 Å². The number of hydrogen-bond donors (Lipinski definition) is 1. The molecule has 3 atom stereocenters. The maximum Gasteiger partial charge on any atom is 0.0478 e. The molecule has 0 heterocycles. The van der Waals surface area contributed by atoms with Crippen LogP contribution in [0.3, 0.4) is 0 Å². The van der Waals surface area contributed by atoms with Gasteiger partial charge in [0.1, 0.15) is 0 Å². The molecule has 2 bridgehead atoms. The van der Waals surface area contributed by atoms with Crippen LogP contribution in [-0.4, -0.2) is 12.8 Å². The van der Waals surface area contributed by atoms with Crippen molar-refractivity contribution in [2.75, 3.05) is 18.1 Å². The molecule has 1 aromatic carbocycles. The van der Waals surface area contributed by atoms with Gasteiger partial charge < -0.3 is 5.32 Å². The largest absolute Gasteiger partial charge is 0.384 e. The van der Waals surface area contributed by atoms with Crippen molar-refractivity contribution in [1.29, 1.82) is 0 Å². The van der Waals surface area contributed by atoms with Crippen molar-refractivity contribution in [3.63, 3.8) is 0 Å². The van der Waals surface area contributed by atoms with Gasteiger partial charge in [0, 0.05) is 17.1 Å². The van der Waals surface area contributed by atoms with Crippen molar-refractivity contribution in [2.45, 2.75) is 17.7 Å². The van der Waals surface area contributed by atoms with Gasteiger partial charge in [0.05, 0.1) is 0 Å². The summed E-state index contributed by atoms with van der Waals surface area (Å²) >= 11 is 1.82. The molecule has 90 valence electrons. The molecule has 2 aliphatic carbocycles. The molecule has 0 amide bonds. The van der Waals surface area contributed by atoms with Crippen molar-refractivity contribution in [1.82, 2.24) is 0 Å². The van der Waals surface area contributed by atoms with Crippen LogP contribution in [-0.2, 0) is 0 Å². The SMILES string of the molecule is CSc1ccccc1NCC1CC2C=CC1C2. The number of hydrogen-bond acceptors (Lipinski definition) is 2. The van der Waals surface area contributed by atoms with E-state index in [4.69, 9.17) is 0 Å². The average Bonchev–Trinajstić information content (AvgIpc) is 2.98. The van der Waals surface area contributed by atoms with E-state index in [1.165, 1.54) is 23.4 Å². The predicted octanol–water partition coefficient (Wildman–Crippen LogP) is 4.03. The van der Waals surface area contributed by atoms with E-state index in [0.29, 0.717) is 0 Å². The van der Waals surface area contributed by atoms with Crippen LogP contribution in [0.5, 0.6) is 0 Å². The van der Waals surface area contributed by atoms with E-state index in [-0.39, 0.29) is 0 Å². The van der Waals surface area contributed by atoms with Gasteiger partial charge in [-0.05, 0) is 49.0 Å². The summed E-state index contributed by atoms with van der Waals surface area (Å²) in [4.78, 5) is 1.35. The lowest BCUT2D eigenvalue weighted by Crippen LogP contribution is -2.18. The molecule has 0 aliphatic heterocycles. The first-order valence-electron chi connectivity index (χ1n) is 6.42. The molecule has 3 unspecified atom stereocenters. The molecule has 1 nitrogen and oxygen atoms in total. The zero-order chi connectivity index (χ0) is 11.7. The Bertz CT molecular complexity index is 427. The van der Waals surface area contributed by atoms with Crippen LogP contribution in [0.2, 0.25) is 0 Å². The van der Waals surface area contributed by atoms with Crippen molar-refractivity contribution >= 4 is 17.4 Å². The quantitative estimate of drug-likeness (QED) is 0.635. The zero-order valence-electron chi connectivity index (χ0n) is 10.2. The monoisotopic (exact) mass is 245 g/mol. The molecule has 2 heteroatoms. The van der Waals surface area contributed by atoms with E-state index in [1.54, 1.807) is 0 Å². The fraction of sp³-hybridized carbons (Fsp3) is 0.467. The van der Waals surface area contributed by atoms with Gasteiger partial charge in [-0.1, -0.05) is 24.3 Å². The number of fused-ring (bicyclic) bond motifs is 2. The highest BCUT2D eigenvalue weighted by molar-refractivity contribution is 7.98. The summed E-state index contributed by atoms with van der Waals surface area (Å²) in [7, 11) is 0. The minimum atomic E-state index is 0.842. The van der Waals surface area contributed by atoms with E-state index in [1.807, 2.05) is 11.8 Å². The van der Waals surface area contributed by atoms with Crippen molar-refractivity contribution < 1.29 is 0 Å². The van der Waals surface area contributed by atoms with Gasteiger partial charge >= 0.3 is 0 Å². The fourth-order valence-electron chi connectivity index (χ4n) is 3.16. The van der Waals surface area contributed by atoms with Crippen LogP contribution in [0.1, 0.15) is 12.8 Å². The Morgan fingerprint density at radius 1 is 1.24 bits per heavy atom. The minimum absolute atomic E-state index is 0.842. The highest BCUT2D eigenvalue weighted by atomic mass is 32.2. The number of allylic oxidation sites excluding steroid dienone is 2. The lowest BCUT2D eigenvalue weighted by Gasteiger charge is -2.20. The summed E-state index contributed by atoms with van der Waals surface area (Å²) in [6.45, 7) is 1.13. The Morgan fingerprint density at radius 3 is 2.82 bits per heavy atom. The number of thioether (sulfide) groups is 1. The molecule has 0 spiro atoms. The molecule has 3 rings (SSSR count). The lowest BCUT2D eigenvalue weighted by atomic mass is 9.93. The minimum Gasteiger partial charge on any atom is -0.384 e. The van der Waals surface area contributed by atoms with Gasteiger partial charge in [-0.25, -0.2) is 0 Å². The summed E-state index contributed by atoms with van der Waals surface area (Å²) in [5.41, 5.74) is 1.30. The molecule has 0 saturated heterocycles. The Labute approximate surface area is 108 Å². The van der Waals surface area contributed by atoms with Crippen LogP contribution in [0.4, 0.5) is 5.69 Å². The van der Waals surface area contributed by atoms with Gasteiger partial charge in [-0.15, -0.1) is 11.8 Å². The first-order valence-corrected chi connectivity index (χ1v) is 7.64. The topological polar surface area (TPSA) is 12.0 Å². The van der Waals surface area contributed by atoms with Crippen molar-refractivity contribution in [3.8, 4) is 0 Å². The smallest absolute Gasteiger partial charge is 0.0478 e. The van der Waals surface area contributed by atoms with Crippen LogP contribution < -0.4 is 5.32 Å². The van der Waals surface area contributed by atoms with Gasteiger partial charge in [-0.2, -0.15) is 0 Å². The van der Waals surface area contributed by atoms with Crippen LogP contribution in [0, 0.1) is 17.8 Å². The number of anilines is 1.